The summed E-state index contributed by atoms with van der Waals surface area (Å²) >= 11 is 0. The smallest absolute Gasteiger partial charge is 0.222 e. The predicted octanol–water partition coefficient (Wildman–Crippen LogP) is 2.15. The maximum Gasteiger partial charge on any atom is 0.222 e. The topological polar surface area (TPSA) is 46.9 Å². The normalized spacial score (nSPS) is 12.1. The highest BCUT2D eigenvalue weighted by Gasteiger charge is 2.10. The minimum atomic E-state index is 0.0434. The molecule has 4 heteroatoms. The second kappa shape index (κ2) is 6.00. The van der Waals surface area contributed by atoms with E-state index >= 15 is 0 Å². The van der Waals surface area contributed by atoms with Crippen LogP contribution >= 0.6 is 0 Å². The molecule has 2 rings (SSSR count). The van der Waals surface area contributed by atoms with E-state index in [0.29, 0.717) is 13.0 Å². The lowest BCUT2D eigenvalue weighted by Crippen LogP contribution is -2.25. The zero-order chi connectivity index (χ0) is 12.8. The Bertz CT molecular complexity index is 479. The molecule has 2 aromatic rings. The lowest BCUT2D eigenvalue weighted by atomic mass is 10.2. The van der Waals surface area contributed by atoms with Crippen LogP contribution in [0, 0.1) is 0 Å². The number of aromatic nitrogens is 2. The van der Waals surface area contributed by atoms with Gasteiger partial charge in [0, 0.05) is 25.4 Å². The molecule has 1 atom stereocenters. The second-order valence-corrected chi connectivity index (χ2v) is 4.30. The molecule has 0 unspecified atom stereocenters. The van der Waals surface area contributed by atoms with Crippen LogP contribution in [0.2, 0.25) is 0 Å². The summed E-state index contributed by atoms with van der Waals surface area (Å²) in [7, 11) is 0. The van der Waals surface area contributed by atoms with Gasteiger partial charge >= 0.3 is 0 Å². The molecular formula is C14H17N3O. The minimum absolute atomic E-state index is 0.0434. The Morgan fingerprint density at radius 2 is 2.11 bits per heavy atom. The van der Waals surface area contributed by atoms with Crippen molar-refractivity contribution in [1.82, 2.24) is 15.1 Å². The molecule has 0 aliphatic rings. The maximum absolute atomic E-state index is 11.8. The highest BCUT2D eigenvalue weighted by atomic mass is 16.1. The fourth-order valence-corrected chi connectivity index (χ4v) is 1.77. The van der Waals surface area contributed by atoms with Crippen molar-refractivity contribution in [2.24, 2.45) is 0 Å². The molecule has 0 saturated heterocycles. The van der Waals surface area contributed by atoms with Crippen molar-refractivity contribution in [1.29, 1.82) is 0 Å². The molecular weight excluding hydrogens is 226 g/mol. The van der Waals surface area contributed by atoms with Gasteiger partial charge < -0.3 is 5.32 Å². The van der Waals surface area contributed by atoms with E-state index < -0.39 is 0 Å². The van der Waals surface area contributed by atoms with Gasteiger partial charge in [-0.05, 0) is 18.6 Å². The zero-order valence-corrected chi connectivity index (χ0v) is 10.4. The van der Waals surface area contributed by atoms with E-state index in [-0.39, 0.29) is 11.9 Å². The van der Waals surface area contributed by atoms with Gasteiger partial charge in [-0.3, -0.25) is 9.48 Å². The third-order valence-electron chi connectivity index (χ3n) is 2.79. The Kier molecular flexibility index (Phi) is 4.12. The number of hydrogen-bond acceptors (Lipinski definition) is 2. The van der Waals surface area contributed by atoms with Crippen LogP contribution in [-0.2, 0) is 11.3 Å². The third-order valence-corrected chi connectivity index (χ3v) is 2.79. The Morgan fingerprint density at radius 1 is 1.33 bits per heavy atom. The summed E-state index contributed by atoms with van der Waals surface area (Å²) < 4.78 is 1.79. The van der Waals surface area contributed by atoms with Crippen LogP contribution in [0.5, 0.6) is 0 Å². The van der Waals surface area contributed by atoms with Crippen molar-refractivity contribution < 1.29 is 4.79 Å². The van der Waals surface area contributed by atoms with Crippen LogP contribution in [-0.4, -0.2) is 15.7 Å². The summed E-state index contributed by atoms with van der Waals surface area (Å²) in [5, 5.41) is 7.04. The first-order valence-corrected chi connectivity index (χ1v) is 6.05. The highest BCUT2D eigenvalue weighted by molar-refractivity contribution is 5.76. The van der Waals surface area contributed by atoms with Gasteiger partial charge in [-0.2, -0.15) is 5.10 Å². The first-order chi connectivity index (χ1) is 8.75. The van der Waals surface area contributed by atoms with E-state index in [4.69, 9.17) is 0 Å². The Labute approximate surface area is 107 Å². The van der Waals surface area contributed by atoms with Crippen molar-refractivity contribution in [3.8, 4) is 0 Å². The molecule has 1 aromatic carbocycles. The lowest BCUT2D eigenvalue weighted by molar-refractivity contribution is -0.122. The largest absolute Gasteiger partial charge is 0.352 e. The standard InChI is InChI=1S/C14H17N3O/c1-12(17-9-5-8-16-17)10-14(18)15-11-13-6-3-2-4-7-13/h2-9,12H,10-11H2,1H3,(H,15,18)/t12-/m1/s1. The van der Waals surface area contributed by atoms with Gasteiger partial charge in [-0.25, -0.2) is 0 Å². The number of hydrogen-bond donors (Lipinski definition) is 1. The fraction of sp³-hybridized carbons (Fsp3) is 0.286. The summed E-state index contributed by atoms with van der Waals surface area (Å²) in [4.78, 5) is 11.8. The molecule has 18 heavy (non-hydrogen) atoms. The number of nitrogens with one attached hydrogen (secondary N) is 1. The molecule has 1 N–H and O–H groups in total. The van der Waals surface area contributed by atoms with E-state index in [1.807, 2.05) is 49.5 Å². The fourth-order valence-electron chi connectivity index (χ4n) is 1.77. The zero-order valence-electron chi connectivity index (χ0n) is 10.4. The van der Waals surface area contributed by atoms with Crippen LogP contribution in [0.1, 0.15) is 24.9 Å². The van der Waals surface area contributed by atoms with Gasteiger partial charge in [0.2, 0.25) is 5.91 Å². The van der Waals surface area contributed by atoms with Crippen molar-refractivity contribution >= 4 is 5.91 Å². The third kappa shape index (κ3) is 3.45. The van der Waals surface area contributed by atoms with E-state index in [9.17, 15) is 4.79 Å². The van der Waals surface area contributed by atoms with E-state index in [2.05, 4.69) is 10.4 Å². The summed E-state index contributed by atoms with van der Waals surface area (Å²) in [6, 6.07) is 11.8. The van der Waals surface area contributed by atoms with Crippen LogP contribution < -0.4 is 5.32 Å². The molecule has 1 amide bonds. The highest BCUT2D eigenvalue weighted by Crippen LogP contribution is 2.08. The maximum atomic E-state index is 11.8. The molecule has 0 fully saturated rings. The van der Waals surface area contributed by atoms with Crippen molar-refractivity contribution in [2.45, 2.75) is 25.9 Å². The van der Waals surface area contributed by atoms with Gasteiger partial charge in [-0.1, -0.05) is 30.3 Å². The summed E-state index contributed by atoms with van der Waals surface area (Å²) in [6.45, 7) is 2.56. The molecule has 0 aliphatic carbocycles. The SMILES string of the molecule is C[C@H](CC(=O)NCc1ccccc1)n1cccn1. The molecule has 1 heterocycles. The first kappa shape index (κ1) is 12.4. The van der Waals surface area contributed by atoms with Crippen LogP contribution in [0.3, 0.4) is 0 Å². The predicted molar refractivity (Wildman–Crippen MR) is 69.8 cm³/mol. The van der Waals surface area contributed by atoms with Crippen LogP contribution in [0.25, 0.3) is 0 Å². The van der Waals surface area contributed by atoms with E-state index in [1.165, 1.54) is 0 Å². The quantitative estimate of drug-likeness (QED) is 0.874. The Hall–Kier alpha value is -2.10. The van der Waals surface area contributed by atoms with Crippen LogP contribution in [0.4, 0.5) is 0 Å². The number of rotatable bonds is 5. The first-order valence-electron chi connectivity index (χ1n) is 6.05. The van der Waals surface area contributed by atoms with Crippen molar-refractivity contribution in [2.75, 3.05) is 0 Å². The van der Waals surface area contributed by atoms with Gasteiger partial charge in [0.15, 0.2) is 0 Å². The number of benzene rings is 1. The Morgan fingerprint density at radius 3 is 2.78 bits per heavy atom. The number of nitrogens with zero attached hydrogens (tertiary/aromatic N) is 2. The summed E-state index contributed by atoms with van der Waals surface area (Å²) in [6.07, 6.45) is 4.03. The molecule has 0 bridgehead atoms. The number of amides is 1. The van der Waals surface area contributed by atoms with E-state index in [0.717, 1.165) is 5.56 Å². The molecule has 1 aromatic heterocycles. The van der Waals surface area contributed by atoms with Gasteiger partial charge in [0.25, 0.3) is 0 Å². The lowest BCUT2D eigenvalue weighted by Gasteiger charge is -2.12. The van der Waals surface area contributed by atoms with E-state index in [1.54, 1.807) is 10.9 Å². The van der Waals surface area contributed by atoms with Crippen molar-refractivity contribution in [3.63, 3.8) is 0 Å². The molecule has 4 nitrogen and oxygen atoms in total. The molecule has 0 aliphatic heterocycles. The minimum Gasteiger partial charge on any atom is -0.352 e. The average molecular weight is 243 g/mol. The molecule has 0 saturated carbocycles. The molecule has 94 valence electrons. The van der Waals surface area contributed by atoms with Gasteiger partial charge in [0.1, 0.15) is 0 Å². The summed E-state index contributed by atoms with van der Waals surface area (Å²) in [5.41, 5.74) is 1.11. The number of carbonyl (C=O) groups is 1. The second-order valence-electron chi connectivity index (χ2n) is 4.30. The number of carbonyl (C=O) groups excluding carboxylic acids is 1. The molecule has 0 radical (unpaired) electrons. The Balaban J connectivity index is 1.79. The summed E-state index contributed by atoms with van der Waals surface area (Å²) in [5.74, 6) is 0.0434. The monoisotopic (exact) mass is 243 g/mol. The van der Waals surface area contributed by atoms with Gasteiger partial charge in [-0.15, -0.1) is 0 Å². The van der Waals surface area contributed by atoms with Crippen molar-refractivity contribution in [3.05, 3.63) is 54.4 Å². The average Bonchev–Trinajstić information content (AvgIpc) is 2.91. The molecule has 0 spiro atoms. The van der Waals surface area contributed by atoms with Gasteiger partial charge in [0.05, 0.1) is 6.04 Å². The van der Waals surface area contributed by atoms with Crippen LogP contribution in [0.15, 0.2) is 48.8 Å².